The van der Waals surface area contributed by atoms with E-state index >= 15 is 0 Å². The third-order valence-electron chi connectivity index (χ3n) is 4.57. The van der Waals surface area contributed by atoms with Gasteiger partial charge in [0, 0.05) is 24.1 Å². The zero-order valence-corrected chi connectivity index (χ0v) is 12.7. The summed E-state index contributed by atoms with van der Waals surface area (Å²) in [7, 11) is 2.19. The first kappa shape index (κ1) is 13.6. The molecule has 1 aromatic rings. The summed E-state index contributed by atoms with van der Waals surface area (Å²) in [6, 6.07) is 0.478. The third kappa shape index (κ3) is 2.73. The van der Waals surface area contributed by atoms with Crippen LogP contribution >= 0.6 is 0 Å². The third-order valence-corrected chi connectivity index (χ3v) is 4.57. The van der Waals surface area contributed by atoms with Gasteiger partial charge in [-0.1, -0.05) is 6.92 Å². The van der Waals surface area contributed by atoms with Crippen LogP contribution in [0.1, 0.15) is 43.5 Å². The molecule has 1 saturated carbocycles. The molecule has 20 heavy (non-hydrogen) atoms. The van der Waals surface area contributed by atoms with Gasteiger partial charge in [0.1, 0.15) is 17.5 Å². The van der Waals surface area contributed by atoms with Crippen molar-refractivity contribution in [2.45, 2.75) is 45.1 Å². The number of rotatable bonds is 3. The lowest BCUT2D eigenvalue weighted by Gasteiger charge is -2.35. The van der Waals surface area contributed by atoms with Gasteiger partial charge >= 0.3 is 0 Å². The van der Waals surface area contributed by atoms with E-state index in [1.165, 1.54) is 12.8 Å². The maximum Gasteiger partial charge on any atom is 0.136 e. The van der Waals surface area contributed by atoms with Crippen LogP contribution in [0.5, 0.6) is 0 Å². The molecule has 3 N–H and O–H groups in total. The number of nitrogens with one attached hydrogen (secondary N) is 1. The van der Waals surface area contributed by atoms with Crippen molar-refractivity contribution < 1.29 is 0 Å². The van der Waals surface area contributed by atoms with Crippen molar-refractivity contribution >= 4 is 11.6 Å². The Morgan fingerprint density at radius 1 is 1.25 bits per heavy atom. The summed E-state index contributed by atoms with van der Waals surface area (Å²) in [6.07, 6.45) is 3.55. The number of nitrogens with two attached hydrogens (primary N) is 1. The Morgan fingerprint density at radius 3 is 2.65 bits per heavy atom. The smallest absolute Gasteiger partial charge is 0.136 e. The molecular weight excluding hydrogens is 250 g/mol. The van der Waals surface area contributed by atoms with Gasteiger partial charge in [0.15, 0.2) is 0 Å². The van der Waals surface area contributed by atoms with E-state index in [2.05, 4.69) is 29.2 Å². The highest BCUT2D eigenvalue weighted by atomic mass is 15.1. The first-order valence-corrected chi connectivity index (χ1v) is 7.63. The monoisotopic (exact) mass is 275 g/mol. The number of piperidine rings is 1. The summed E-state index contributed by atoms with van der Waals surface area (Å²) in [6.45, 7) is 6.58. The van der Waals surface area contributed by atoms with Gasteiger partial charge in [-0.2, -0.15) is 0 Å². The van der Waals surface area contributed by atoms with E-state index in [0.717, 1.165) is 36.7 Å². The largest absolute Gasteiger partial charge is 0.383 e. The van der Waals surface area contributed by atoms with Gasteiger partial charge in [0.05, 0.1) is 0 Å². The Kier molecular flexibility index (Phi) is 3.54. The average Bonchev–Trinajstić information content (AvgIpc) is 3.22. The first-order chi connectivity index (χ1) is 9.54. The molecule has 1 aliphatic carbocycles. The summed E-state index contributed by atoms with van der Waals surface area (Å²) < 4.78 is 0. The van der Waals surface area contributed by atoms with E-state index in [9.17, 15) is 0 Å². The van der Waals surface area contributed by atoms with Crippen LogP contribution in [0.2, 0.25) is 0 Å². The summed E-state index contributed by atoms with van der Waals surface area (Å²) in [5.74, 6) is 3.66. The van der Waals surface area contributed by atoms with Gasteiger partial charge in [-0.3, -0.25) is 0 Å². The van der Waals surface area contributed by atoms with E-state index in [1.807, 2.05) is 6.92 Å². The predicted octanol–water partition coefficient (Wildman–Crippen LogP) is 2.00. The van der Waals surface area contributed by atoms with Crippen LogP contribution in [0.4, 0.5) is 11.6 Å². The fourth-order valence-corrected chi connectivity index (χ4v) is 2.96. The molecule has 2 aliphatic rings. The number of anilines is 2. The van der Waals surface area contributed by atoms with Crippen LogP contribution in [0, 0.1) is 12.8 Å². The van der Waals surface area contributed by atoms with Gasteiger partial charge in [-0.25, -0.2) is 9.97 Å². The van der Waals surface area contributed by atoms with E-state index in [0.29, 0.717) is 23.7 Å². The molecule has 2 atom stereocenters. The molecule has 0 amide bonds. The first-order valence-electron chi connectivity index (χ1n) is 7.63. The van der Waals surface area contributed by atoms with Gasteiger partial charge in [0.25, 0.3) is 0 Å². The maximum absolute atomic E-state index is 6.05. The Morgan fingerprint density at radius 2 is 2.00 bits per heavy atom. The quantitative estimate of drug-likeness (QED) is 0.883. The molecule has 2 heterocycles. The van der Waals surface area contributed by atoms with Crippen molar-refractivity contribution in [2.75, 3.05) is 31.2 Å². The molecule has 3 rings (SSSR count). The van der Waals surface area contributed by atoms with Crippen molar-refractivity contribution in [3.63, 3.8) is 0 Å². The molecule has 5 heteroatoms. The topological polar surface area (TPSA) is 67.1 Å². The number of aromatic nitrogens is 2. The molecule has 1 aromatic heterocycles. The fraction of sp³-hybridized carbons (Fsp3) is 0.733. The summed E-state index contributed by atoms with van der Waals surface area (Å²) in [4.78, 5) is 11.6. The van der Waals surface area contributed by atoms with Gasteiger partial charge < -0.3 is 16.0 Å². The molecule has 110 valence electrons. The minimum atomic E-state index is 0.478. The van der Waals surface area contributed by atoms with Gasteiger partial charge in [-0.05, 0) is 45.7 Å². The van der Waals surface area contributed by atoms with Crippen LogP contribution in [-0.4, -0.2) is 41.0 Å². The van der Waals surface area contributed by atoms with Crippen LogP contribution in [0.3, 0.4) is 0 Å². The van der Waals surface area contributed by atoms with Crippen LogP contribution in [0.25, 0.3) is 0 Å². The lowest BCUT2D eigenvalue weighted by atomic mass is 9.94. The number of hydrogen-bond acceptors (Lipinski definition) is 5. The van der Waals surface area contributed by atoms with Crippen molar-refractivity contribution in [1.29, 1.82) is 0 Å². The van der Waals surface area contributed by atoms with Crippen LogP contribution in [-0.2, 0) is 0 Å². The Hall–Kier alpha value is -1.36. The van der Waals surface area contributed by atoms with E-state index in [-0.39, 0.29) is 0 Å². The molecular formula is C15H25N5. The SMILES string of the molecule is Cc1c(N)nc(C2CC2)nc1NC1CCN(C)CC1C. The molecule has 0 radical (unpaired) electrons. The summed E-state index contributed by atoms with van der Waals surface area (Å²) in [5, 5.41) is 3.63. The highest BCUT2D eigenvalue weighted by molar-refractivity contribution is 5.55. The average molecular weight is 275 g/mol. The molecule has 0 bridgehead atoms. The van der Waals surface area contributed by atoms with Crippen LogP contribution < -0.4 is 11.1 Å². The normalized spacial score (nSPS) is 27.6. The molecule has 1 saturated heterocycles. The van der Waals surface area contributed by atoms with Crippen molar-refractivity contribution in [3.05, 3.63) is 11.4 Å². The van der Waals surface area contributed by atoms with E-state index in [4.69, 9.17) is 10.7 Å². The predicted molar refractivity (Wildman–Crippen MR) is 81.8 cm³/mol. The second-order valence-electron chi connectivity index (χ2n) is 6.49. The molecule has 2 fully saturated rings. The van der Waals surface area contributed by atoms with Gasteiger partial charge in [-0.15, -0.1) is 0 Å². The Balaban J connectivity index is 1.79. The Labute approximate surface area is 121 Å². The number of hydrogen-bond donors (Lipinski definition) is 2. The zero-order chi connectivity index (χ0) is 14.3. The van der Waals surface area contributed by atoms with Crippen molar-refractivity contribution in [3.8, 4) is 0 Å². The minimum absolute atomic E-state index is 0.478. The zero-order valence-electron chi connectivity index (χ0n) is 12.7. The highest BCUT2D eigenvalue weighted by Gasteiger charge is 2.29. The minimum Gasteiger partial charge on any atom is -0.383 e. The number of likely N-dealkylation sites (tertiary alicyclic amines) is 1. The summed E-state index contributed by atoms with van der Waals surface area (Å²) in [5.41, 5.74) is 7.04. The number of nitrogens with zero attached hydrogens (tertiary/aromatic N) is 3. The standard InChI is InChI=1S/C15H25N5/c1-9-8-20(3)7-6-12(9)17-14-10(2)13(16)18-15(19-14)11-4-5-11/h9,11-12H,4-8H2,1-3H3,(H3,16,17,18,19). The van der Waals surface area contributed by atoms with E-state index in [1.54, 1.807) is 0 Å². The Bertz CT molecular complexity index is 497. The summed E-state index contributed by atoms with van der Waals surface area (Å²) >= 11 is 0. The van der Waals surface area contributed by atoms with Crippen molar-refractivity contribution in [1.82, 2.24) is 14.9 Å². The van der Waals surface area contributed by atoms with E-state index < -0.39 is 0 Å². The second kappa shape index (κ2) is 5.20. The molecule has 5 nitrogen and oxygen atoms in total. The molecule has 2 unspecified atom stereocenters. The molecule has 0 spiro atoms. The molecule has 0 aromatic carbocycles. The number of nitrogen functional groups attached to an aromatic ring is 1. The lowest BCUT2D eigenvalue weighted by molar-refractivity contribution is 0.206. The maximum atomic E-state index is 6.05. The molecule has 1 aliphatic heterocycles. The fourth-order valence-electron chi connectivity index (χ4n) is 2.96. The van der Waals surface area contributed by atoms with Crippen LogP contribution in [0.15, 0.2) is 0 Å². The second-order valence-corrected chi connectivity index (χ2v) is 6.49. The lowest BCUT2D eigenvalue weighted by Crippen LogP contribution is -2.43. The highest BCUT2D eigenvalue weighted by Crippen LogP contribution is 2.39. The van der Waals surface area contributed by atoms with Crippen molar-refractivity contribution in [2.24, 2.45) is 5.92 Å². The van der Waals surface area contributed by atoms with Gasteiger partial charge in [0.2, 0.25) is 0 Å².